The van der Waals surface area contributed by atoms with E-state index < -0.39 is 0 Å². The second kappa shape index (κ2) is 8.97. The summed E-state index contributed by atoms with van der Waals surface area (Å²) in [6.07, 6.45) is 0. The third-order valence-corrected chi connectivity index (χ3v) is 5.01. The summed E-state index contributed by atoms with van der Waals surface area (Å²) in [6, 6.07) is 14.2. The zero-order valence-electron chi connectivity index (χ0n) is 15.9. The Labute approximate surface area is 159 Å². The van der Waals surface area contributed by atoms with Crippen molar-refractivity contribution in [2.24, 2.45) is 0 Å². The van der Waals surface area contributed by atoms with Crippen LogP contribution >= 0.6 is 0 Å². The second-order valence-electron chi connectivity index (χ2n) is 7.03. The molecule has 0 radical (unpaired) electrons. The van der Waals surface area contributed by atoms with Gasteiger partial charge in [0, 0.05) is 30.9 Å². The molecule has 2 aromatic rings. The van der Waals surface area contributed by atoms with Gasteiger partial charge in [0.15, 0.2) is 0 Å². The van der Waals surface area contributed by atoms with Crippen molar-refractivity contribution in [1.82, 2.24) is 5.32 Å². The molecule has 0 spiro atoms. The van der Waals surface area contributed by atoms with E-state index in [9.17, 15) is 9.18 Å². The molecule has 6 heteroatoms. The molecule has 5 nitrogen and oxygen atoms in total. The average molecular weight is 372 g/mol. The summed E-state index contributed by atoms with van der Waals surface area (Å²) in [6.45, 7) is 3.80. The van der Waals surface area contributed by atoms with Gasteiger partial charge in [-0.05, 0) is 36.4 Å². The molecule has 1 aliphatic heterocycles. The average Bonchev–Trinajstić information content (AvgIpc) is 2.69. The van der Waals surface area contributed by atoms with E-state index in [0.717, 1.165) is 32.0 Å². The van der Waals surface area contributed by atoms with Crippen LogP contribution in [0.5, 0.6) is 0 Å². The van der Waals surface area contributed by atoms with Gasteiger partial charge in [-0.2, -0.15) is 0 Å². The van der Waals surface area contributed by atoms with Crippen LogP contribution in [0.25, 0.3) is 0 Å². The number of amides is 1. The monoisotopic (exact) mass is 372 g/mol. The molecular formula is C21H27FN3O2+. The van der Waals surface area contributed by atoms with Crippen LogP contribution in [0, 0.1) is 5.82 Å². The number of hydrogen-bond acceptors (Lipinski definition) is 3. The van der Waals surface area contributed by atoms with Crippen LogP contribution in [0.15, 0.2) is 48.5 Å². The number of carbonyl (C=O) groups is 1. The molecular weight excluding hydrogens is 345 g/mol. The zero-order chi connectivity index (χ0) is 19.2. The maximum Gasteiger partial charge on any atom is 0.251 e. The molecule has 1 aliphatic rings. The Kier molecular flexibility index (Phi) is 6.42. The zero-order valence-corrected chi connectivity index (χ0v) is 15.9. The lowest BCUT2D eigenvalue weighted by Gasteiger charge is -2.32. The third kappa shape index (κ3) is 5.05. The molecule has 1 atom stereocenters. The molecule has 0 aliphatic carbocycles. The van der Waals surface area contributed by atoms with Crippen molar-refractivity contribution in [3.05, 3.63) is 65.5 Å². The highest BCUT2D eigenvalue weighted by Crippen LogP contribution is 2.16. The normalized spacial score (nSPS) is 16.0. The van der Waals surface area contributed by atoms with Crippen LogP contribution in [-0.2, 0) is 4.74 Å². The van der Waals surface area contributed by atoms with Crippen LogP contribution in [0.1, 0.15) is 22.0 Å². The van der Waals surface area contributed by atoms with Crippen LogP contribution in [0.3, 0.4) is 0 Å². The predicted octanol–water partition coefficient (Wildman–Crippen LogP) is 1.28. The first-order valence-corrected chi connectivity index (χ1v) is 9.28. The summed E-state index contributed by atoms with van der Waals surface area (Å²) in [5, 5.41) is 3.02. The van der Waals surface area contributed by atoms with Gasteiger partial charge in [-0.1, -0.05) is 12.1 Å². The lowest BCUT2D eigenvalue weighted by Crippen LogP contribution is -3.15. The molecule has 1 fully saturated rings. The van der Waals surface area contributed by atoms with Gasteiger partial charge in [0.05, 0.1) is 19.8 Å². The number of nitrogens with one attached hydrogen (secondary N) is 2. The molecule has 1 heterocycles. The summed E-state index contributed by atoms with van der Waals surface area (Å²) in [4.78, 5) is 15.9. The van der Waals surface area contributed by atoms with E-state index in [1.54, 1.807) is 0 Å². The van der Waals surface area contributed by atoms with Gasteiger partial charge >= 0.3 is 0 Å². The minimum absolute atomic E-state index is 0.148. The topological polar surface area (TPSA) is 46.0 Å². The van der Waals surface area contributed by atoms with Gasteiger partial charge in [-0.3, -0.25) is 4.79 Å². The largest absolute Gasteiger partial charge is 0.378 e. The number of carbonyl (C=O) groups excluding carboxylic acids is 1. The third-order valence-electron chi connectivity index (χ3n) is 5.01. The second-order valence-corrected chi connectivity index (χ2v) is 7.03. The van der Waals surface area contributed by atoms with Crippen molar-refractivity contribution < 1.29 is 18.8 Å². The van der Waals surface area contributed by atoms with Crippen molar-refractivity contribution in [3.63, 3.8) is 0 Å². The van der Waals surface area contributed by atoms with Gasteiger partial charge in [-0.15, -0.1) is 0 Å². The van der Waals surface area contributed by atoms with Crippen molar-refractivity contribution in [1.29, 1.82) is 0 Å². The minimum Gasteiger partial charge on any atom is -0.378 e. The Morgan fingerprint density at radius 2 is 1.74 bits per heavy atom. The molecule has 0 unspecified atom stereocenters. The van der Waals surface area contributed by atoms with Gasteiger partial charge in [0.1, 0.15) is 24.9 Å². The van der Waals surface area contributed by atoms with E-state index in [1.165, 1.54) is 34.7 Å². The van der Waals surface area contributed by atoms with E-state index >= 15 is 0 Å². The molecule has 0 aromatic heterocycles. The maximum absolute atomic E-state index is 13.1. The Morgan fingerprint density at radius 1 is 1.11 bits per heavy atom. The molecule has 1 saturated heterocycles. The number of rotatable bonds is 6. The highest BCUT2D eigenvalue weighted by molar-refractivity contribution is 5.94. The lowest BCUT2D eigenvalue weighted by molar-refractivity contribution is -0.937. The molecule has 27 heavy (non-hydrogen) atoms. The number of quaternary nitrogens is 1. The highest BCUT2D eigenvalue weighted by Gasteiger charge is 2.27. The Hall–Kier alpha value is -2.44. The fourth-order valence-electron chi connectivity index (χ4n) is 3.38. The van der Waals surface area contributed by atoms with E-state index in [-0.39, 0.29) is 17.8 Å². The number of anilines is 1. The fraction of sp³-hybridized carbons (Fsp3) is 0.381. The number of hydrogen-bond donors (Lipinski definition) is 2. The summed E-state index contributed by atoms with van der Waals surface area (Å²) in [7, 11) is 4.03. The molecule has 0 saturated carbocycles. The molecule has 3 rings (SSSR count). The number of ether oxygens (including phenoxy) is 1. The fourth-order valence-corrected chi connectivity index (χ4v) is 3.38. The smallest absolute Gasteiger partial charge is 0.251 e. The van der Waals surface area contributed by atoms with E-state index in [4.69, 9.17) is 4.74 Å². The first-order chi connectivity index (χ1) is 13.0. The lowest BCUT2D eigenvalue weighted by atomic mass is 10.0. The molecule has 1 amide bonds. The van der Waals surface area contributed by atoms with E-state index in [0.29, 0.717) is 12.1 Å². The molecule has 0 bridgehead atoms. The Bertz CT molecular complexity index is 741. The van der Waals surface area contributed by atoms with Gasteiger partial charge in [0.2, 0.25) is 0 Å². The van der Waals surface area contributed by atoms with Crippen molar-refractivity contribution in [3.8, 4) is 0 Å². The quantitative estimate of drug-likeness (QED) is 0.803. The summed E-state index contributed by atoms with van der Waals surface area (Å²) in [5.74, 6) is -0.527. The van der Waals surface area contributed by atoms with Gasteiger partial charge in [0.25, 0.3) is 5.91 Å². The standard InChI is InChI=1S/C21H26FN3O2/c1-24(2)19-9-5-16(6-10-19)20(25-11-13-27-14-12-25)15-23-21(26)17-3-7-18(22)8-4-17/h3-10,20H,11-15H2,1-2H3,(H,23,26)/p+1/t20-/m1/s1. The number of halogens is 1. The molecule has 2 aromatic carbocycles. The number of nitrogens with zero attached hydrogens (tertiary/aromatic N) is 1. The highest BCUT2D eigenvalue weighted by atomic mass is 19.1. The first kappa shape index (κ1) is 19.3. The van der Waals surface area contributed by atoms with Crippen LogP contribution < -0.4 is 15.1 Å². The van der Waals surface area contributed by atoms with Crippen LogP contribution in [-0.4, -0.2) is 52.9 Å². The number of morpholine rings is 1. The Morgan fingerprint density at radius 3 is 2.33 bits per heavy atom. The maximum atomic E-state index is 13.1. The van der Waals surface area contributed by atoms with E-state index in [1.807, 2.05) is 14.1 Å². The van der Waals surface area contributed by atoms with Crippen molar-refractivity contribution in [2.75, 3.05) is 51.8 Å². The molecule has 144 valence electrons. The van der Waals surface area contributed by atoms with Crippen LogP contribution in [0.4, 0.5) is 10.1 Å². The minimum atomic E-state index is -0.344. The summed E-state index contributed by atoms with van der Waals surface area (Å²) < 4.78 is 18.6. The van der Waals surface area contributed by atoms with Gasteiger partial charge < -0.3 is 19.9 Å². The van der Waals surface area contributed by atoms with Gasteiger partial charge in [-0.25, -0.2) is 4.39 Å². The van der Waals surface area contributed by atoms with Crippen molar-refractivity contribution >= 4 is 11.6 Å². The summed E-state index contributed by atoms with van der Waals surface area (Å²) in [5.41, 5.74) is 2.80. The van der Waals surface area contributed by atoms with Crippen LogP contribution in [0.2, 0.25) is 0 Å². The summed E-state index contributed by atoms with van der Waals surface area (Å²) >= 11 is 0. The predicted molar refractivity (Wildman–Crippen MR) is 104 cm³/mol. The SMILES string of the molecule is CN(C)c1ccc([C@@H](CNC(=O)c2ccc(F)cc2)[NH+]2CCOCC2)cc1. The Balaban J connectivity index is 1.73. The van der Waals surface area contributed by atoms with Crippen molar-refractivity contribution in [2.45, 2.75) is 6.04 Å². The first-order valence-electron chi connectivity index (χ1n) is 9.28. The molecule has 2 N–H and O–H groups in total. The number of benzene rings is 2. The van der Waals surface area contributed by atoms with E-state index in [2.05, 4.69) is 34.5 Å².